The lowest BCUT2D eigenvalue weighted by molar-refractivity contribution is 0.892. The zero-order valence-electron chi connectivity index (χ0n) is 10.9. The van der Waals surface area contributed by atoms with Crippen LogP contribution in [0.25, 0.3) is 0 Å². The number of nitrogens with zero attached hydrogens (tertiary/aromatic N) is 2. The first-order chi connectivity index (χ1) is 8.61. The van der Waals surface area contributed by atoms with Gasteiger partial charge >= 0.3 is 0 Å². The Morgan fingerprint density at radius 1 is 1.39 bits per heavy atom. The van der Waals surface area contributed by atoms with Crippen molar-refractivity contribution >= 4 is 28.8 Å². The molecule has 2 rings (SSSR count). The average Bonchev–Trinajstić information content (AvgIpc) is 2.80. The van der Waals surface area contributed by atoms with Gasteiger partial charge in [-0.2, -0.15) is 0 Å². The molecule has 0 saturated heterocycles. The van der Waals surface area contributed by atoms with Crippen LogP contribution < -0.4 is 4.90 Å². The zero-order valence-corrected chi connectivity index (χ0v) is 12.5. The first-order valence-corrected chi connectivity index (χ1v) is 7.30. The topological polar surface area (TPSA) is 16.1 Å². The molecule has 2 nitrogen and oxygen atoms in total. The van der Waals surface area contributed by atoms with Crippen LogP contribution >= 0.6 is 22.9 Å². The number of aryl methyl sites for hydroxylation is 2. The van der Waals surface area contributed by atoms with Crippen molar-refractivity contribution in [1.29, 1.82) is 0 Å². The summed E-state index contributed by atoms with van der Waals surface area (Å²) >= 11 is 7.82. The van der Waals surface area contributed by atoms with Gasteiger partial charge in [0.25, 0.3) is 0 Å². The van der Waals surface area contributed by atoms with Crippen LogP contribution in [0.1, 0.15) is 21.7 Å². The van der Waals surface area contributed by atoms with Crippen LogP contribution in [-0.2, 0) is 12.4 Å². The summed E-state index contributed by atoms with van der Waals surface area (Å²) in [6.07, 6.45) is 0. The van der Waals surface area contributed by atoms with Crippen LogP contribution in [-0.4, -0.2) is 12.0 Å². The summed E-state index contributed by atoms with van der Waals surface area (Å²) in [5.74, 6) is 1.50. The second kappa shape index (κ2) is 5.72. The molecule has 0 aliphatic rings. The van der Waals surface area contributed by atoms with Crippen LogP contribution in [0.15, 0.2) is 23.6 Å². The largest absolute Gasteiger partial charge is 0.354 e. The number of rotatable bonds is 4. The number of halogens is 1. The van der Waals surface area contributed by atoms with Crippen LogP contribution in [0.4, 0.5) is 5.82 Å². The monoisotopic (exact) mass is 280 g/mol. The van der Waals surface area contributed by atoms with Gasteiger partial charge in [-0.15, -0.1) is 22.9 Å². The fourth-order valence-electron chi connectivity index (χ4n) is 2.04. The molecule has 2 heterocycles. The Morgan fingerprint density at radius 3 is 2.78 bits per heavy atom. The lowest BCUT2D eigenvalue weighted by Gasteiger charge is -2.21. The molecule has 0 spiro atoms. The highest BCUT2D eigenvalue weighted by molar-refractivity contribution is 7.09. The third-order valence-corrected chi connectivity index (χ3v) is 4.05. The highest BCUT2D eigenvalue weighted by atomic mass is 35.5. The Morgan fingerprint density at radius 2 is 2.17 bits per heavy atom. The Hall–Kier alpha value is -1.06. The SMILES string of the molecule is Cc1cc(C)c(CCl)c(N(C)Cc2cccs2)n1. The Bertz CT molecular complexity index is 523. The number of pyridine rings is 1. The second-order valence-corrected chi connectivity index (χ2v) is 5.75. The molecule has 2 aromatic heterocycles. The van der Waals surface area contributed by atoms with E-state index in [1.165, 1.54) is 10.4 Å². The van der Waals surface area contributed by atoms with Gasteiger partial charge < -0.3 is 4.90 Å². The molecule has 0 bridgehead atoms. The van der Waals surface area contributed by atoms with Gasteiger partial charge in [0.1, 0.15) is 5.82 Å². The summed E-state index contributed by atoms with van der Waals surface area (Å²) in [4.78, 5) is 8.13. The van der Waals surface area contributed by atoms with Gasteiger partial charge in [0, 0.05) is 23.2 Å². The zero-order chi connectivity index (χ0) is 13.1. The molecule has 2 aromatic rings. The molecule has 4 heteroatoms. The fourth-order valence-corrected chi connectivity index (χ4v) is 3.12. The predicted molar refractivity (Wildman–Crippen MR) is 79.7 cm³/mol. The van der Waals surface area contributed by atoms with Crippen molar-refractivity contribution in [1.82, 2.24) is 4.98 Å². The maximum atomic E-state index is 6.05. The molecule has 0 amide bonds. The van der Waals surface area contributed by atoms with Crippen LogP contribution in [0.5, 0.6) is 0 Å². The van der Waals surface area contributed by atoms with Gasteiger partial charge in [-0.1, -0.05) is 6.07 Å². The highest BCUT2D eigenvalue weighted by Gasteiger charge is 2.12. The van der Waals surface area contributed by atoms with E-state index in [1.807, 2.05) is 6.92 Å². The number of hydrogen-bond acceptors (Lipinski definition) is 3. The van der Waals surface area contributed by atoms with E-state index in [9.17, 15) is 0 Å². The normalized spacial score (nSPS) is 10.7. The van der Waals surface area contributed by atoms with Crippen molar-refractivity contribution < 1.29 is 0 Å². The summed E-state index contributed by atoms with van der Waals surface area (Å²) in [5, 5.41) is 2.10. The number of anilines is 1. The van der Waals surface area contributed by atoms with Gasteiger partial charge in [-0.25, -0.2) is 4.98 Å². The molecular formula is C14H17ClN2S. The van der Waals surface area contributed by atoms with E-state index in [-0.39, 0.29) is 0 Å². The minimum absolute atomic E-state index is 0.503. The van der Waals surface area contributed by atoms with Crippen LogP contribution in [0.3, 0.4) is 0 Å². The average molecular weight is 281 g/mol. The summed E-state index contributed by atoms with van der Waals surface area (Å²) in [6.45, 7) is 4.99. The van der Waals surface area contributed by atoms with Crippen molar-refractivity contribution in [3.63, 3.8) is 0 Å². The standard InChI is InChI=1S/C14H17ClN2S/c1-10-7-11(2)16-14(13(10)8-15)17(3)9-12-5-4-6-18-12/h4-7H,8-9H2,1-3H3. The smallest absolute Gasteiger partial charge is 0.133 e. The molecule has 0 fully saturated rings. The second-order valence-electron chi connectivity index (χ2n) is 4.45. The molecule has 0 aromatic carbocycles. The maximum absolute atomic E-state index is 6.05. The summed E-state index contributed by atoms with van der Waals surface area (Å²) in [6, 6.07) is 6.30. The van der Waals surface area contributed by atoms with Crippen molar-refractivity contribution in [2.24, 2.45) is 0 Å². The lowest BCUT2D eigenvalue weighted by Crippen LogP contribution is -2.19. The molecule has 0 aliphatic heterocycles. The molecule has 0 unspecified atom stereocenters. The first-order valence-electron chi connectivity index (χ1n) is 5.88. The van der Waals surface area contributed by atoms with Crippen molar-refractivity contribution in [3.8, 4) is 0 Å². The molecule has 0 saturated carbocycles. The Labute approximate surface area is 117 Å². The fraction of sp³-hybridized carbons (Fsp3) is 0.357. The Kier molecular flexibility index (Phi) is 4.25. The first kappa shape index (κ1) is 13.4. The van der Waals surface area contributed by atoms with Crippen molar-refractivity contribution in [2.45, 2.75) is 26.3 Å². The van der Waals surface area contributed by atoms with E-state index in [2.05, 4.69) is 47.4 Å². The Balaban J connectivity index is 2.31. The summed E-state index contributed by atoms with van der Waals surface area (Å²) in [7, 11) is 2.07. The minimum Gasteiger partial charge on any atom is -0.354 e. The van der Waals surface area contributed by atoms with E-state index in [1.54, 1.807) is 11.3 Å². The molecule has 0 N–H and O–H groups in total. The number of aromatic nitrogens is 1. The van der Waals surface area contributed by atoms with E-state index in [0.717, 1.165) is 23.6 Å². The third kappa shape index (κ3) is 2.85. The third-order valence-electron chi connectivity index (χ3n) is 2.92. The quantitative estimate of drug-likeness (QED) is 0.783. The maximum Gasteiger partial charge on any atom is 0.133 e. The summed E-state index contributed by atoms with van der Waals surface area (Å²) < 4.78 is 0. The van der Waals surface area contributed by atoms with E-state index < -0.39 is 0 Å². The minimum atomic E-state index is 0.503. The molecule has 18 heavy (non-hydrogen) atoms. The van der Waals surface area contributed by atoms with Gasteiger partial charge in [0.2, 0.25) is 0 Å². The van der Waals surface area contributed by atoms with Gasteiger partial charge in [0.15, 0.2) is 0 Å². The molecule has 0 aliphatic carbocycles. The van der Waals surface area contributed by atoms with Crippen LogP contribution in [0.2, 0.25) is 0 Å². The van der Waals surface area contributed by atoms with E-state index >= 15 is 0 Å². The van der Waals surface area contributed by atoms with Crippen molar-refractivity contribution in [2.75, 3.05) is 11.9 Å². The molecule has 96 valence electrons. The van der Waals surface area contributed by atoms with Crippen LogP contribution in [0, 0.1) is 13.8 Å². The van der Waals surface area contributed by atoms with E-state index in [4.69, 9.17) is 11.6 Å². The van der Waals surface area contributed by atoms with Gasteiger partial charge in [-0.3, -0.25) is 0 Å². The predicted octanol–water partition coefficient (Wildman–Crippen LogP) is 4.14. The highest BCUT2D eigenvalue weighted by Crippen LogP contribution is 2.25. The van der Waals surface area contributed by atoms with E-state index in [0.29, 0.717) is 5.88 Å². The van der Waals surface area contributed by atoms with Gasteiger partial charge in [0.05, 0.1) is 12.4 Å². The van der Waals surface area contributed by atoms with Crippen molar-refractivity contribution in [3.05, 3.63) is 45.3 Å². The molecular weight excluding hydrogens is 264 g/mol. The summed E-state index contributed by atoms with van der Waals surface area (Å²) in [5.41, 5.74) is 3.38. The number of alkyl halides is 1. The lowest BCUT2D eigenvalue weighted by atomic mass is 10.1. The number of thiophene rings is 1. The molecule has 0 atom stereocenters. The van der Waals surface area contributed by atoms with Gasteiger partial charge in [-0.05, 0) is 36.9 Å². The number of hydrogen-bond donors (Lipinski definition) is 0. The molecule has 0 radical (unpaired) electrons.